The molecule has 2 aliphatic rings. The van der Waals surface area contributed by atoms with E-state index >= 15 is 0 Å². The van der Waals surface area contributed by atoms with Gasteiger partial charge in [-0.2, -0.15) is 18.3 Å². The number of nitrogens with one attached hydrogen (secondary N) is 1. The van der Waals surface area contributed by atoms with E-state index in [4.69, 9.17) is 0 Å². The lowest BCUT2D eigenvalue weighted by atomic mass is 10.2. The van der Waals surface area contributed by atoms with Gasteiger partial charge in [-0.1, -0.05) is 0 Å². The van der Waals surface area contributed by atoms with Crippen LogP contribution in [-0.4, -0.2) is 57.7 Å². The van der Waals surface area contributed by atoms with Crippen molar-refractivity contribution in [3.8, 4) is 0 Å². The molecule has 3 rings (SSSR count). The maximum Gasteiger partial charge on any atom is 0.435 e. The minimum atomic E-state index is -4.50. The first-order chi connectivity index (χ1) is 11.3. The highest BCUT2D eigenvalue weighted by Gasteiger charge is 2.36. The van der Waals surface area contributed by atoms with Gasteiger partial charge in [0, 0.05) is 19.6 Å². The Morgan fingerprint density at radius 2 is 1.83 bits per heavy atom. The van der Waals surface area contributed by atoms with Crippen LogP contribution >= 0.6 is 0 Å². The first kappa shape index (κ1) is 16.6. The van der Waals surface area contributed by atoms with Crippen molar-refractivity contribution in [3.05, 3.63) is 17.5 Å². The topological polar surface area (TPSA) is 70.5 Å². The quantitative estimate of drug-likeness (QED) is 0.871. The molecule has 0 bridgehead atoms. The largest absolute Gasteiger partial charge is 0.435 e. The molecule has 0 atom stereocenters. The number of aromatic nitrogens is 2. The second-order valence-electron chi connectivity index (χ2n) is 5.91. The van der Waals surface area contributed by atoms with E-state index in [2.05, 4.69) is 10.4 Å². The third-order valence-electron chi connectivity index (χ3n) is 4.23. The van der Waals surface area contributed by atoms with Crippen LogP contribution in [0.1, 0.15) is 24.2 Å². The van der Waals surface area contributed by atoms with Crippen molar-refractivity contribution in [2.24, 2.45) is 0 Å². The van der Waals surface area contributed by atoms with Crippen LogP contribution in [0.5, 0.6) is 0 Å². The molecule has 1 saturated heterocycles. The highest BCUT2D eigenvalue weighted by molar-refractivity contribution is 5.84. The van der Waals surface area contributed by atoms with Gasteiger partial charge in [0.15, 0.2) is 5.69 Å². The summed E-state index contributed by atoms with van der Waals surface area (Å²) in [5.74, 6) is -0.316. The zero-order valence-electron chi connectivity index (χ0n) is 13.0. The molecule has 1 fully saturated rings. The molecule has 2 aliphatic heterocycles. The Morgan fingerprint density at radius 3 is 2.50 bits per heavy atom. The van der Waals surface area contributed by atoms with Crippen LogP contribution in [0.2, 0.25) is 0 Å². The van der Waals surface area contributed by atoms with Crippen LogP contribution in [-0.2, 0) is 24.1 Å². The molecule has 0 saturated carbocycles. The lowest BCUT2D eigenvalue weighted by Crippen LogP contribution is -2.46. The summed E-state index contributed by atoms with van der Waals surface area (Å²) in [6, 6.07) is 0.685. The number of carbonyl (C=O) groups excluding carboxylic acids is 2. The summed E-state index contributed by atoms with van der Waals surface area (Å²) in [6.07, 6.45) is -2.58. The maximum absolute atomic E-state index is 12.7. The molecule has 0 radical (unpaired) electrons. The van der Waals surface area contributed by atoms with Gasteiger partial charge in [0.2, 0.25) is 5.91 Å². The molecular formula is C14H18F3N5O2. The van der Waals surface area contributed by atoms with Crippen molar-refractivity contribution in [2.75, 3.05) is 26.2 Å². The Hall–Kier alpha value is -2.26. The van der Waals surface area contributed by atoms with Crippen LogP contribution in [0.25, 0.3) is 0 Å². The van der Waals surface area contributed by atoms with E-state index in [1.807, 2.05) is 0 Å². The Bertz CT molecular complexity index is 637. The monoisotopic (exact) mass is 345 g/mol. The van der Waals surface area contributed by atoms with Gasteiger partial charge < -0.3 is 15.1 Å². The van der Waals surface area contributed by atoms with E-state index in [0.29, 0.717) is 18.8 Å². The minimum absolute atomic E-state index is 0.0570. The number of halogens is 3. The molecular weight excluding hydrogens is 327 g/mol. The number of carbonyl (C=O) groups is 2. The lowest BCUT2D eigenvalue weighted by Gasteiger charge is -2.28. The van der Waals surface area contributed by atoms with Crippen molar-refractivity contribution < 1.29 is 22.8 Å². The van der Waals surface area contributed by atoms with Crippen LogP contribution in [0.3, 0.4) is 0 Å². The zero-order valence-corrected chi connectivity index (χ0v) is 13.0. The van der Waals surface area contributed by atoms with Crippen LogP contribution in [0.4, 0.5) is 18.0 Å². The van der Waals surface area contributed by atoms with Crippen molar-refractivity contribution in [2.45, 2.75) is 32.1 Å². The Balaban J connectivity index is 1.55. The van der Waals surface area contributed by atoms with Gasteiger partial charge in [-0.25, -0.2) is 4.79 Å². The molecule has 1 aromatic heterocycles. The second-order valence-corrected chi connectivity index (χ2v) is 5.91. The maximum atomic E-state index is 12.7. The summed E-state index contributed by atoms with van der Waals surface area (Å²) in [4.78, 5) is 27.1. The highest BCUT2D eigenvalue weighted by Crippen LogP contribution is 2.29. The SMILES string of the molecule is O=C(CNC(=O)N1CCCC1)N1CCn2nc(C(F)(F)F)cc2C1. The van der Waals surface area contributed by atoms with Crippen molar-refractivity contribution in [1.29, 1.82) is 0 Å². The van der Waals surface area contributed by atoms with E-state index in [1.54, 1.807) is 4.90 Å². The van der Waals surface area contributed by atoms with Gasteiger partial charge in [-0.05, 0) is 18.9 Å². The summed E-state index contributed by atoms with van der Waals surface area (Å²) in [6.45, 7) is 1.74. The number of nitrogens with zero attached hydrogens (tertiary/aromatic N) is 4. The normalized spacial score (nSPS) is 17.8. The van der Waals surface area contributed by atoms with Crippen LogP contribution in [0, 0.1) is 0 Å². The highest BCUT2D eigenvalue weighted by atomic mass is 19.4. The second kappa shape index (κ2) is 6.33. The minimum Gasteiger partial charge on any atom is -0.333 e. The Labute approximate surface area is 136 Å². The van der Waals surface area contributed by atoms with E-state index in [0.717, 1.165) is 18.9 Å². The van der Waals surface area contributed by atoms with E-state index < -0.39 is 11.9 Å². The molecule has 132 valence electrons. The average molecular weight is 345 g/mol. The fourth-order valence-corrected chi connectivity index (χ4v) is 2.91. The van der Waals surface area contributed by atoms with Crippen LogP contribution < -0.4 is 5.32 Å². The summed E-state index contributed by atoms with van der Waals surface area (Å²) in [7, 11) is 0. The number of hydrogen-bond donors (Lipinski definition) is 1. The molecule has 0 spiro atoms. The van der Waals surface area contributed by atoms with Gasteiger partial charge in [0.1, 0.15) is 0 Å². The fraction of sp³-hybridized carbons (Fsp3) is 0.643. The van der Waals surface area contributed by atoms with Gasteiger partial charge in [-0.15, -0.1) is 0 Å². The number of urea groups is 1. The molecule has 0 aliphatic carbocycles. The van der Waals surface area contributed by atoms with Gasteiger partial charge in [-0.3, -0.25) is 9.48 Å². The molecule has 3 amide bonds. The molecule has 3 heterocycles. The van der Waals surface area contributed by atoms with Crippen molar-refractivity contribution in [1.82, 2.24) is 24.9 Å². The first-order valence-electron chi connectivity index (χ1n) is 7.79. The molecule has 24 heavy (non-hydrogen) atoms. The molecule has 10 heteroatoms. The van der Waals surface area contributed by atoms with Crippen molar-refractivity contribution in [3.63, 3.8) is 0 Å². The number of hydrogen-bond acceptors (Lipinski definition) is 3. The smallest absolute Gasteiger partial charge is 0.333 e. The number of fused-ring (bicyclic) bond motifs is 1. The number of likely N-dealkylation sites (tertiary alicyclic amines) is 1. The van der Waals surface area contributed by atoms with Gasteiger partial charge >= 0.3 is 12.2 Å². The predicted molar refractivity (Wildman–Crippen MR) is 76.9 cm³/mol. The average Bonchev–Trinajstić information content (AvgIpc) is 3.19. The van der Waals surface area contributed by atoms with E-state index in [9.17, 15) is 22.8 Å². The molecule has 1 N–H and O–H groups in total. The Morgan fingerprint density at radius 1 is 1.12 bits per heavy atom. The zero-order chi connectivity index (χ0) is 17.3. The summed E-state index contributed by atoms with van der Waals surface area (Å²) in [5, 5.41) is 6.09. The number of amides is 3. The van der Waals surface area contributed by atoms with E-state index in [-0.39, 0.29) is 38.1 Å². The van der Waals surface area contributed by atoms with Crippen LogP contribution in [0.15, 0.2) is 6.07 Å². The third-order valence-corrected chi connectivity index (χ3v) is 4.23. The van der Waals surface area contributed by atoms with E-state index in [1.165, 1.54) is 9.58 Å². The summed E-state index contributed by atoms with van der Waals surface area (Å²) >= 11 is 0. The fourth-order valence-electron chi connectivity index (χ4n) is 2.91. The number of alkyl halides is 3. The molecule has 7 nitrogen and oxygen atoms in total. The Kier molecular flexibility index (Phi) is 4.37. The van der Waals surface area contributed by atoms with Gasteiger partial charge in [0.05, 0.1) is 25.3 Å². The molecule has 1 aromatic rings. The summed E-state index contributed by atoms with van der Waals surface area (Å²) in [5.41, 5.74) is -0.609. The van der Waals surface area contributed by atoms with Crippen molar-refractivity contribution >= 4 is 11.9 Å². The lowest BCUT2D eigenvalue weighted by molar-refractivity contribution is -0.141. The number of rotatable bonds is 2. The molecule has 0 aromatic carbocycles. The predicted octanol–water partition coefficient (Wildman–Crippen LogP) is 1.05. The standard InChI is InChI=1S/C14H18F3N5O2/c15-14(16,17)11-7-10-9-21(5-6-22(10)19-11)12(23)8-18-13(24)20-3-1-2-4-20/h7H,1-6,8-9H2,(H,18,24). The summed E-state index contributed by atoms with van der Waals surface area (Å²) < 4.78 is 39.3. The molecule has 0 unspecified atom stereocenters. The van der Waals surface area contributed by atoms with Gasteiger partial charge in [0.25, 0.3) is 0 Å². The third kappa shape index (κ3) is 3.46. The first-order valence-corrected chi connectivity index (χ1v) is 7.79.